The average Bonchev–Trinajstić information content (AvgIpc) is 3.03. The predicted molar refractivity (Wildman–Crippen MR) is 66.6 cm³/mol. The molecule has 1 aromatic heterocycles. The standard InChI is InChI=1S/C12H17N3OS/c1-13-12(16)11-8-2-3-9(6-8)15(11)7-10-14-4-5-17-10/h4-5,8-9,11H,2-3,6-7H2,1H3,(H,13,16)/t8-,9-,11-/m0/s1. The monoisotopic (exact) mass is 251 g/mol. The number of nitrogens with zero attached hydrogens (tertiary/aromatic N) is 2. The number of likely N-dealkylation sites (tertiary alicyclic amines) is 1. The lowest BCUT2D eigenvalue weighted by atomic mass is 9.98. The Bertz CT molecular complexity index is 406. The molecule has 0 unspecified atom stereocenters. The fraction of sp³-hybridized carbons (Fsp3) is 0.667. The number of thiazole rings is 1. The van der Waals surface area contributed by atoms with Gasteiger partial charge < -0.3 is 5.32 Å². The zero-order valence-corrected chi connectivity index (χ0v) is 10.7. The van der Waals surface area contributed by atoms with E-state index in [-0.39, 0.29) is 11.9 Å². The predicted octanol–water partition coefficient (Wildman–Crippen LogP) is 1.24. The molecule has 2 fully saturated rings. The van der Waals surface area contributed by atoms with Crippen molar-refractivity contribution >= 4 is 17.2 Å². The van der Waals surface area contributed by atoms with Crippen LogP contribution in [-0.4, -0.2) is 34.9 Å². The van der Waals surface area contributed by atoms with Gasteiger partial charge in [-0.15, -0.1) is 11.3 Å². The van der Waals surface area contributed by atoms with Gasteiger partial charge in [-0.2, -0.15) is 0 Å². The van der Waals surface area contributed by atoms with Gasteiger partial charge in [-0.25, -0.2) is 4.98 Å². The molecule has 2 aliphatic rings. The highest BCUT2D eigenvalue weighted by Crippen LogP contribution is 2.43. The number of amides is 1. The number of piperidine rings is 1. The normalized spacial score (nSPS) is 31.9. The lowest BCUT2D eigenvalue weighted by molar-refractivity contribution is -0.127. The third-order valence-corrected chi connectivity index (χ3v) is 4.80. The van der Waals surface area contributed by atoms with Crippen LogP contribution < -0.4 is 5.32 Å². The first-order valence-corrected chi connectivity index (χ1v) is 7.03. The highest BCUT2D eigenvalue weighted by atomic mass is 32.1. The molecule has 3 rings (SSSR count). The second-order valence-electron chi connectivity index (χ2n) is 4.88. The fourth-order valence-corrected chi connectivity index (χ4v) is 3.93. The summed E-state index contributed by atoms with van der Waals surface area (Å²) in [4.78, 5) is 18.7. The van der Waals surface area contributed by atoms with E-state index >= 15 is 0 Å². The van der Waals surface area contributed by atoms with Crippen LogP contribution >= 0.6 is 11.3 Å². The van der Waals surface area contributed by atoms with Gasteiger partial charge >= 0.3 is 0 Å². The van der Waals surface area contributed by atoms with Crippen LogP contribution in [0.3, 0.4) is 0 Å². The largest absolute Gasteiger partial charge is 0.358 e. The summed E-state index contributed by atoms with van der Waals surface area (Å²) in [6, 6.07) is 0.661. The van der Waals surface area contributed by atoms with E-state index in [1.54, 1.807) is 18.4 Å². The summed E-state index contributed by atoms with van der Waals surface area (Å²) >= 11 is 1.67. The van der Waals surface area contributed by atoms with Crippen LogP contribution in [0.4, 0.5) is 0 Å². The van der Waals surface area contributed by atoms with E-state index in [9.17, 15) is 4.79 Å². The zero-order chi connectivity index (χ0) is 11.8. The van der Waals surface area contributed by atoms with Crippen molar-refractivity contribution in [2.75, 3.05) is 7.05 Å². The first-order chi connectivity index (χ1) is 8.29. The van der Waals surface area contributed by atoms with Crippen molar-refractivity contribution in [1.29, 1.82) is 0 Å². The number of carbonyl (C=O) groups is 1. The highest BCUT2D eigenvalue weighted by Gasteiger charge is 2.48. The molecule has 92 valence electrons. The second kappa shape index (κ2) is 4.38. The molecule has 1 aliphatic carbocycles. The van der Waals surface area contributed by atoms with E-state index in [0.29, 0.717) is 12.0 Å². The van der Waals surface area contributed by atoms with Crippen molar-refractivity contribution in [3.05, 3.63) is 16.6 Å². The Morgan fingerprint density at radius 1 is 1.65 bits per heavy atom. The maximum Gasteiger partial charge on any atom is 0.237 e. The van der Waals surface area contributed by atoms with Crippen LogP contribution in [-0.2, 0) is 11.3 Å². The van der Waals surface area contributed by atoms with E-state index in [1.165, 1.54) is 19.3 Å². The molecule has 2 heterocycles. The van der Waals surface area contributed by atoms with Crippen LogP contribution in [0, 0.1) is 5.92 Å². The van der Waals surface area contributed by atoms with Gasteiger partial charge in [-0.05, 0) is 25.2 Å². The van der Waals surface area contributed by atoms with Gasteiger partial charge in [0, 0.05) is 24.7 Å². The van der Waals surface area contributed by atoms with Gasteiger partial charge in [0.05, 0.1) is 12.6 Å². The number of aromatic nitrogens is 1. The number of nitrogens with one attached hydrogen (secondary N) is 1. The minimum absolute atomic E-state index is 0.0719. The van der Waals surface area contributed by atoms with Crippen molar-refractivity contribution < 1.29 is 4.79 Å². The second-order valence-corrected chi connectivity index (χ2v) is 5.86. The number of rotatable bonds is 3. The van der Waals surface area contributed by atoms with Crippen LogP contribution in [0.1, 0.15) is 24.3 Å². The van der Waals surface area contributed by atoms with E-state index in [4.69, 9.17) is 0 Å². The molecular formula is C12H17N3OS. The zero-order valence-electron chi connectivity index (χ0n) is 9.93. The molecule has 2 bridgehead atoms. The van der Waals surface area contributed by atoms with E-state index in [0.717, 1.165) is 11.6 Å². The van der Waals surface area contributed by atoms with Gasteiger partial charge in [-0.3, -0.25) is 9.69 Å². The summed E-state index contributed by atoms with van der Waals surface area (Å²) in [5.74, 6) is 0.730. The van der Waals surface area contributed by atoms with Crippen molar-refractivity contribution in [1.82, 2.24) is 15.2 Å². The highest BCUT2D eigenvalue weighted by molar-refractivity contribution is 7.09. The van der Waals surface area contributed by atoms with Crippen molar-refractivity contribution in [2.24, 2.45) is 5.92 Å². The third-order valence-electron chi connectivity index (χ3n) is 4.03. The topological polar surface area (TPSA) is 45.2 Å². The molecule has 0 aromatic carbocycles. The molecule has 0 spiro atoms. The summed E-state index contributed by atoms with van der Waals surface area (Å²) in [7, 11) is 1.73. The molecule has 1 aromatic rings. The smallest absolute Gasteiger partial charge is 0.237 e. The Morgan fingerprint density at radius 2 is 2.53 bits per heavy atom. The molecule has 1 saturated carbocycles. The maximum atomic E-state index is 12.0. The van der Waals surface area contributed by atoms with Gasteiger partial charge in [0.25, 0.3) is 0 Å². The summed E-state index contributed by atoms with van der Waals surface area (Å²) in [5, 5.41) is 5.92. The van der Waals surface area contributed by atoms with Crippen LogP contribution in [0.2, 0.25) is 0 Å². The molecular weight excluding hydrogens is 234 g/mol. The van der Waals surface area contributed by atoms with E-state index in [1.807, 2.05) is 11.6 Å². The van der Waals surface area contributed by atoms with Crippen molar-refractivity contribution in [3.8, 4) is 0 Å². The molecule has 5 heteroatoms. The lowest BCUT2D eigenvalue weighted by Gasteiger charge is -2.33. The van der Waals surface area contributed by atoms with Crippen LogP contribution in [0.15, 0.2) is 11.6 Å². The van der Waals surface area contributed by atoms with Crippen LogP contribution in [0.5, 0.6) is 0 Å². The summed E-state index contributed by atoms with van der Waals surface area (Å²) < 4.78 is 0. The Labute approximate surface area is 105 Å². The number of likely N-dealkylation sites (N-methyl/N-ethyl adjacent to an activating group) is 1. The molecule has 0 radical (unpaired) electrons. The van der Waals surface area contributed by atoms with Gasteiger partial charge in [0.1, 0.15) is 5.01 Å². The first kappa shape index (κ1) is 11.2. The molecule has 17 heavy (non-hydrogen) atoms. The van der Waals surface area contributed by atoms with Gasteiger partial charge in [0.15, 0.2) is 0 Å². The summed E-state index contributed by atoms with van der Waals surface area (Å²) in [5.41, 5.74) is 0. The molecule has 3 atom stereocenters. The van der Waals surface area contributed by atoms with E-state index < -0.39 is 0 Å². The van der Waals surface area contributed by atoms with Crippen molar-refractivity contribution in [2.45, 2.75) is 37.9 Å². The SMILES string of the molecule is CNC(=O)[C@@H]1[C@H]2CC[C@@H](C2)N1Cc1nccs1. The average molecular weight is 251 g/mol. The summed E-state index contributed by atoms with van der Waals surface area (Å²) in [6.45, 7) is 0.830. The third kappa shape index (κ3) is 1.87. The minimum atomic E-state index is 0.0719. The minimum Gasteiger partial charge on any atom is -0.358 e. The molecule has 1 aliphatic heterocycles. The van der Waals surface area contributed by atoms with Crippen LogP contribution in [0.25, 0.3) is 0 Å². The quantitative estimate of drug-likeness (QED) is 0.879. The number of hydrogen-bond acceptors (Lipinski definition) is 4. The fourth-order valence-electron chi connectivity index (χ4n) is 3.30. The number of hydrogen-bond donors (Lipinski definition) is 1. The maximum absolute atomic E-state index is 12.0. The number of carbonyl (C=O) groups excluding carboxylic acids is 1. The molecule has 4 nitrogen and oxygen atoms in total. The Balaban J connectivity index is 1.79. The summed E-state index contributed by atoms with van der Waals surface area (Å²) in [6.07, 6.45) is 5.47. The van der Waals surface area contributed by atoms with Gasteiger partial charge in [-0.1, -0.05) is 0 Å². The lowest BCUT2D eigenvalue weighted by Crippen LogP contribution is -2.49. The Hall–Kier alpha value is -0.940. The molecule has 1 N–H and O–H groups in total. The van der Waals surface area contributed by atoms with E-state index in [2.05, 4.69) is 15.2 Å². The molecule has 1 saturated heterocycles. The van der Waals surface area contributed by atoms with Crippen molar-refractivity contribution in [3.63, 3.8) is 0 Å². The van der Waals surface area contributed by atoms with Gasteiger partial charge in [0.2, 0.25) is 5.91 Å². The first-order valence-electron chi connectivity index (χ1n) is 6.15. The Morgan fingerprint density at radius 3 is 3.24 bits per heavy atom. The molecule has 1 amide bonds. The number of fused-ring (bicyclic) bond motifs is 2. The Kier molecular flexibility index (Phi) is 2.88.